The Morgan fingerprint density at radius 2 is 1.66 bits per heavy atom. The van der Waals surface area contributed by atoms with Crippen LogP contribution in [0.5, 0.6) is 11.5 Å². The minimum Gasteiger partial charge on any atom is -0.457 e. The molecule has 4 aromatic rings. The molecule has 0 aliphatic rings. The summed E-state index contributed by atoms with van der Waals surface area (Å²) >= 11 is 0. The van der Waals surface area contributed by atoms with E-state index in [1.54, 1.807) is 25.6 Å². The minimum absolute atomic E-state index is 0.150. The second kappa shape index (κ2) is 8.51. The number of nitrogens with one attached hydrogen (secondary N) is 1. The lowest BCUT2D eigenvalue weighted by Crippen LogP contribution is -2.14. The molecule has 9 heteroatoms. The molecule has 1 N–H and O–H groups in total. The summed E-state index contributed by atoms with van der Waals surface area (Å²) in [4.78, 5) is 0.150. The summed E-state index contributed by atoms with van der Waals surface area (Å²) in [6.07, 6.45) is 1.49. The van der Waals surface area contributed by atoms with Crippen molar-refractivity contribution in [1.29, 1.82) is 0 Å². The summed E-state index contributed by atoms with van der Waals surface area (Å²) in [6.45, 7) is 5.78. The van der Waals surface area contributed by atoms with Crippen molar-refractivity contribution in [2.24, 2.45) is 7.05 Å². The average molecular weight is 452 g/mol. The SMILES string of the molecule is Cc1nn(C)cc1S(=O)(=O)Nc1c(C)nn(Cc2cccc(Oc3ccccc3)c2)c1C. The van der Waals surface area contributed by atoms with Gasteiger partial charge in [0.05, 0.1) is 29.3 Å². The van der Waals surface area contributed by atoms with Gasteiger partial charge in [0.2, 0.25) is 0 Å². The van der Waals surface area contributed by atoms with Crippen molar-refractivity contribution in [2.45, 2.75) is 32.2 Å². The average Bonchev–Trinajstić information content (AvgIpc) is 3.22. The smallest absolute Gasteiger partial charge is 0.265 e. The summed E-state index contributed by atoms with van der Waals surface area (Å²) in [5.74, 6) is 1.49. The highest BCUT2D eigenvalue weighted by atomic mass is 32.2. The van der Waals surface area contributed by atoms with Gasteiger partial charge in [-0.05, 0) is 50.6 Å². The molecule has 0 unspecified atom stereocenters. The van der Waals surface area contributed by atoms with Gasteiger partial charge in [0.1, 0.15) is 16.4 Å². The number of hydrogen-bond acceptors (Lipinski definition) is 5. The largest absolute Gasteiger partial charge is 0.457 e. The predicted molar refractivity (Wildman–Crippen MR) is 123 cm³/mol. The van der Waals surface area contributed by atoms with Gasteiger partial charge in [-0.3, -0.25) is 14.1 Å². The topological polar surface area (TPSA) is 91.0 Å². The Balaban J connectivity index is 1.56. The van der Waals surface area contributed by atoms with Gasteiger partial charge >= 0.3 is 0 Å². The fourth-order valence-electron chi connectivity index (χ4n) is 3.53. The van der Waals surface area contributed by atoms with E-state index in [0.717, 1.165) is 22.8 Å². The first kappa shape index (κ1) is 21.6. The van der Waals surface area contributed by atoms with Crippen LogP contribution in [0.3, 0.4) is 0 Å². The standard InChI is InChI=1S/C23H25N5O3S/c1-16-22(15-27(4)24-16)32(29,30)26-23-17(2)25-28(18(23)3)14-19-9-8-12-21(13-19)31-20-10-6-5-7-11-20/h5-13,15,26H,14H2,1-4H3. The Morgan fingerprint density at radius 1 is 0.938 bits per heavy atom. The van der Waals surface area contributed by atoms with Crippen molar-refractivity contribution in [3.63, 3.8) is 0 Å². The van der Waals surface area contributed by atoms with E-state index >= 15 is 0 Å². The van der Waals surface area contributed by atoms with Gasteiger partial charge in [0, 0.05) is 13.2 Å². The van der Waals surface area contributed by atoms with Gasteiger partial charge in [-0.1, -0.05) is 30.3 Å². The lowest BCUT2D eigenvalue weighted by molar-refractivity contribution is 0.481. The molecule has 0 saturated heterocycles. The number of anilines is 1. The molecule has 0 amide bonds. The third kappa shape index (κ3) is 4.52. The quantitative estimate of drug-likeness (QED) is 0.455. The van der Waals surface area contributed by atoms with Crippen molar-refractivity contribution in [3.05, 3.63) is 83.4 Å². The number of rotatable bonds is 7. The summed E-state index contributed by atoms with van der Waals surface area (Å²) in [6, 6.07) is 17.3. The molecule has 166 valence electrons. The highest BCUT2D eigenvalue weighted by molar-refractivity contribution is 7.92. The van der Waals surface area contributed by atoms with E-state index in [-0.39, 0.29) is 4.90 Å². The summed E-state index contributed by atoms with van der Waals surface area (Å²) < 4.78 is 37.7. The molecular formula is C23H25N5O3S. The Bertz CT molecular complexity index is 1360. The fraction of sp³-hybridized carbons (Fsp3) is 0.217. The first-order valence-electron chi connectivity index (χ1n) is 10.1. The lowest BCUT2D eigenvalue weighted by Gasteiger charge is -2.10. The van der Waals surface area contributed by atoms with Gasteiger partial charge in [-0.15, -0.1) is 0 Å². The van der Waals surface area contributed by atoms with Crippen LogP contribution in [0.15, 0.2) is 65.7 Å². The van der Waals surface area contributed by atoms with Crippen molar-refractivity contribution >= 4 is 15.7 Å². The second-order valence-electron chi connectivity index (χ2n) is 7.62. The highest BCUT2D eigenvalue weighted by Crippen LogP contribution is 2.26. The van der Waals surface area contributed by atoms with Crippen molar-refractivity contribution in [3.8, 4) is 11.5 Å². The van der Waals surface area contributed by atoms with Gasteiger partial charge in [0.15, 0.2) is 0 Å². The van der Waals surface area contributed by atoms with E-state index in [0.29, 0.717) is 23.6 Å². The Labute approximate surface area is 187 Å². The number of aromatic nitrogens is 4. The Hall–Kier alpha value is -3.59. The van der Waals surface area contributed by atoms with Crippen LogP contribution in [0.1, 0.15) is 22.6 Å². The maximum atomic E-state index is 12.9. The van der Waals surface area contributed by atoms with Crippen LogP contribution < -0.4 is 9.46 Å². The van der Waals surface area contributed by atoms with E-state index in [9.17, 15) is 8.42 Å². The van der Waals surface area contributed by atoms with E-state index in [1.165, 1.54) is 10.9 Å². The van der Waals surface area contributed by atoms with Gasteiger partial charge in [-0.25, -0.2) is 8.42 Å². The highest BCUT2D eigenvalue weighted by Gasteiger charge is 2.23. The third-order valence-corrected chi connectivity index (χ3v) is 6.54. The summed E-state index contributed by atoms with van der Waals surface area (Å²) in [5.41, 5.74) is 3.23. The molecule has 0 atom stereocenters. The van der Waals surface area contributed by atoms with Crippen molar-refractivity contribution in [2.75, 3.05) is 4.72 Å². The van der Waals surface area contributed by atoms with Crippen LogP contribution in [0, 0.1) is 20.8 Å². The summed E-state index contributed by atoms with van der Waals surface area (Å²) in [5, 5.41) is 8.68. The number of aryl methyl sites for hydroxylation is 3. The molecule has 2 heterocycles. The first-order chi connectivity index (χ1) is 15.2. The van der Waals surface area contributed by atoms with E-state index < -0.39 is 10.0 Å². The molecule has 0 saturated carbocycles. The predicted octanol–water partition coefficient (Wildman–Crippen LogP) is 4.18. The monoisotopic (exact) mass is 451 g/mol. The first-order valence-corrected chi connectivity index (χ1v) is 11.6. The second-order valence-corrected chi connectivity index (χ2v) is 9.27. The van der Waals surface area contributed by atoms with Crippen LogP contribution in [-0.2, 0) is 23.6 Å². The zero-order chi connectivity index (χ0) is 22.9. The molecule has 8 nitrogen and oxygen atoms in total. The lowest BCUT2D eigenvalue weighted by atomic mass is 10.2. The maximum Gasteiger partial charge on any atom is 0.265 e. The third-order valence-electron chi connectivity index (χ3n) is 5.09. The molecular weight excluding hydrogens is 426 g/mol. The maximum absolute atomic E-state index is 12.9. The zero-order valence-corrected chi connectivity index (χ0v) is 19.2. The van der Waals surface area contributed by atoms with E-state index in [4.69, 9.17) is 4.74 Å². The van der Waals surface area contributed by atoms with Crippen molar-refractivity contribution in [1.82, 2.24) is 19.6 Å². The van der Waals surface area contributed by atoms with Crippen LogP contribution >= 0.6 is 0 Å². The van der Waals surface area contributed by atoms with E-state index in [2.05, 4.69) is 14.9 Å². The molecule has 0 aliphatic carbocycles. The van der Waals surface area contributed by atoms with Gasteiger partial charge < -0.3 is 4.74 Å². The van der Waals surface area contributed by atoms with Crippen LogP contribution in [0.2, 0.25) is 0 Å². The Kier molecular flexibility index (Phi) is 5.75. The molecule has 2 aromatic carbocycles. The van der Waals surface area contributed by atoms with Gasteiger partial charge in [0.25, 0.3) is 10.0 Å². The number of hydrogen-bond donors (Lipinski definition) is 1. The number of benzene rings is 2. The number of para-hydroxylation sites is 1. The van der Waals surface area contributed by atoms with Crippen molar-refractivity contribution < 1.29 is 13.2 Å². The normalized spacial score (nSPS) is 11.5. The molecule has 4 rings (SSSR count). The molecule has 0 aliphatic heterocycles. The van der Waals surface area contributed by atoms with E-state index in [1.807, 2.05) is 61.5 Å². The molecule has 2 aromatic heterocycles. The summed E-state index contributed by atoms with van der Waals surface area (Å²) in [7, 11) is -2.09. The Morgan fingerprint density at radius 3 is 2.34 bits per heavy atom. The molecule has 0 bridgehead atoms. The molecule has 0 radical (unpaired) electrons. The molecule has 32 heavy (non-hydrogen) atoms. The zero-order valence-electron chi connectivity index (χ0n) is 18.4. The number of ether oxygens (including phenoxy) is 1. The molecule has 0 fully saturated rings. The fourth-order valence-corrected chi connectivity index (χ4v) is 4.93. The van der Waals surface area contributed by atoms with Crippen LogP contribution in [0.25, 0.3) is 0 Å². The van der Waals surface area contributed by atoms with Crippen LogP contribution in [0.4, 0.5) is 5.69 Å². The van der Waals surface area contributed by atoms with Crippen LogP contribution in [-0.4, -0.2) is 28.0 Å². The minimum atomic E-state index is -3.78. The number of nitrogens with zero attached hydrogens (tertiary/aromatic N) is 4. The van der Waals surface area contributed by atoms with Gasteiger partial charge in [-0.2, -0.15) is 10.2 Å². The number of sulfonamides is 1. The molecule has 0 spiro atoms.